The third kappa shape index (κ3) is 4.27. The predicted molar refractivity (Wildman–Crippen MR) is 126 cm³/mol. The van der Waals surface area contributed by atoms with Crippen LogP contribution in [0, 0.1) is 6.92 Å². The highest BCUT2D eigenvalue weighted by Crippen LogP contribution is 2.31. The molecule has 3 aromatic rings. The number of ether oxygens (including phenoxy) is 1. The molecule has 164 valence electrons. The summed E-state index contributed by atoms with van der Waals surface area (Å²) in [5, 5.41) is 0. The lowest BCUT2D eigenvalue weighted by atomic mass is 9.92. The summed E-state index contributed by atoms with van der Waals surface area (Å²) in [7, 11) is 0. The van der Waals surface area contributed by atoms with Crippen molar-refractivity contribution < 1.29 is 9.53 Å². The summed E-state index contributed by atoms with van der Waals surface area (Å²) in [6, 6.07) is 18.8. The summed E-state index contributed by atoms with van der Waals surface area (Å²) in [6.45, 7) is 5.78. The number of amides is 1. The van der Waals surface area contributed by atoms with Crippen molar-refractivity contribution >= 4 is 5.91 Å². The van der Waals surface area contributed by atoms with E-state index in [0.29, 0.717) is 5.92 Å². The molecule has 4 nitrogen and oxygen atoms in total. The number of benzene rings is 2. The van der Waals surface area contributed by atoms with Gasteiger partial charge in [0.1, 0.15) is 11.9 Å². The van der Waals surface area contributed by atoms with Crippen LogP contribution in [0.5, 0.6) is 5.75 Å². The van der Waals surface area contributed by atoms with Gasteiger partial charge in [0.05, 0.1) is 0 Å². The molecule has 4 heteroatoms. The Labute approximate surface area is 190 Å². The number of hydrogen-bond acceptors (Lipinski definition) is 3. The fourth-order valence-corrected chi connectivity index (χ4v) is 4.93. The van der Waals surface area contributed by atoms with Crippen molar-refractivity contribution in [3.63, 3.8) is 0 Å². The second kappa shape index (κ2) is 8.78. The second-order valence-corrected chi connectivity index (χ2v) is 9.22. The summed E-state index contributed by atoms with van der Waals surface area (Å²) in [4.78, 5) is 19.8. The number of likely N-dealkylation sites (tertiary alicyclic amines) is 1. The third-order valence-corrected chi connectivity index (χ3v) is 6.85. The van der Waals surface area contributed by atoms with Crippen molar-refractivity contribution in [3.05, 3.63) is 94.3 Å². The van der Waals surface area contributed by atoms with E-state index < -0.39 is 0 Å². The first kappa shape index (κ1) is 20.7. The SMILES string of the molecule is Cc1ccccc1Cc1ccc(C2CCN(C(=O)c3ccc4c(c3)CC(C)O4)CC2)nc1. The molecule has 2 aliphatic rings. The monoisotopic (exact) mass is 426 g/mol. The van der Waals surface area contributed by atoms with E-state index in [9.17, 15) is 4.79 Å². The van der Waals surface area contributed by atoms with Crippen LogP contribution in [0.1, 0.15) is 64.0 Å². The van der Waals surface area contributed by atoms with Crippen LogP contribution >= 0.6 is 0 Å². The van der Waals surface area contributed by atoms with E-state index in [1.165, 1.54) is 16.7 Å². The van der Waals surface area contributed by atoms with Crippen LogP contribution in [0.4, 0.5) is 0 Å². The summed E-state index contributed by atoms with van der Waals surface area (Å²) < 4.78 is 5.77. The standard InChI is InChI=1S/C28H30N2O2/c1-19-5-3-4-6-23(19)16-21-7-9-26(29-18-21)22-11-13-30(14-12-22)28(31)24-8-10-27-25(17-24)15-20(2)32-27/h3-10,17-18,20,22H,11-16H2,1-2H3. The van der Waals surface area contributed by atoms with E-state index in [2.05, 4.69) is 50.2 Å². The Bertz CT molecular complexity index is 1110. The minimum Gasteiger partial charge on any atom is -0.490 e. The number of rotatable bonds is 4. The summed E-state index contributed by atoms with van der Waals surface area (Å²) in [5.41, 5.74) is 6.98. The van der Waals surface area contributed by atoms with Crippen molar-refractivity contribution in [3.8, 4) is 5.75 Å². The zero-order chi connectivity index (χ0) is 22.1. The molecule has 1 atom stereocenters. The first-order valence-corrected chi connectivity index (χ1v) is 11.6. The Balaban J connectivity index is 1.19. The van der Waals surface area contributed by atoms with Gasteiger partial charge in [-0.2, -0.15) is 0 Å². The third-order valence-electron chi connectivity index (χ3n) is 6.85. The van der Waals surface area contributed by atoms with Crippen LogP contribution in [-0.2, 0) is 12.8 Å². The Hall–Kier alpha value is -3.14. The Morgan fingerprint density at radius 3 is 2.66 bits per heavy atom. The molecule has 2 aromatic carbocycles. The van der Waals surface area contributed by atoms with E-state index in [4.69, 9.17) is 9.72 Å². The number of carbonyl (C=O) groups excluding carboxylic acids is 1. The van der Waals surface area contributed by atoms with Gasteiger partial charge >= 0.3 is 0 Å². The lowest BCUT2D eigenvalue weighted by molar-refractivity contribution is 0.0712. The minimum atomic E-state index is 0.132. The molecule has 1 saturated heterocycles. The van der Waals surface area contributed by atoms with Gasteiger partial charge in [-0.3, -0.25) is 9.78 Å². The van der Waals surface area contributed by atoms with E-state index >= 15 is 0 Å². The minimum absolute atomic E-state index is 0.132. The molecule has 1 unspecified atom stereocenters. The number of carbonyl (C=O) groups is 1. The molecule has 1 aromatic heterocycles. The van der Waals surface area contributed by atoms with Gasteiger partial charge in [-0.15, -0.1) is 0 Å². The molecule has 0 N–H and O–H groups in total. The van der Waals surface area contributed by atoms with Gasteiger partial charge < -0.3 is 9.64 Å². The molecule has 1 fully saturated rings. The zero-order valence-electron chi connectivity index (χ0n) is 18.9. The molecule has 0 saturated carbocycles. The second-order valence-electron chi connectivity index (χ2n) is 9.22. The molecule has 0 radical (unpaired) electrons. The van der Waals surface area contributed by atoms with Gasteiger partial charge in [0, 0.05) is 42.9 Å². The van der Waals surface area contributed by atoms with Gasteiger partial charge in [-0.25, -0.2) is 0 Å². The molecule has 5 rings (SSSR count). The quantitative estimate of drug-likeness (QED) is 0.567. The smallest absolute Gasteiger partial charge is 0.253 e. The van der Waals surface area contributed by atoms with Crippen LogP contribution < -0.4 is 4.74 Å². The lowest BCUT2D eigenvalue weighted by Gasteiger charge is -2.32. The number of fused-ring (bicyclic) bond motifs is 1. The van der Waals surface area contributed by atoms with E-state index in [1.54, 1.807) is 0 Å². The van der Waals surface area contributed by atoms with Gasteiger partial charge in [0.25, 0.3) is 5.91 Å². The molecule has 2 aliphatic heterocycles. The maximum absolute atomic E-state index is 13.0. The summed E-state index contributed by atoms with van der Waals surface area (Å²) >= 11 is 0. The van der Waals surface area contributed by atoms with Crippen molar-refractivity contribution in [1.29, 1.82) is 0 Å². The number of nitrogens with zero attached hydrogens (tertiary/aromatic N) is 2. The Morgan fingerprint density at radius 2 is 1.91 bits per heavy atom. The molecule has 1 amide bonds. The average Bonchev–Trinajstić information content (AvgIpc) is 3.20. The van der Waals surface area contributed by atoms with Crippen LogP contribution in [0.3, 0.4) is 0 Å². The van der Waals surface area contributed by atoms with E-state index in [1.807, 2.05) is 29.3 Å². The zero-order valence-corrected chi connectivity index (χ0v) is 18.9. The topological polar surface area (TPSA) is 42.4 Å². The number of pyridine rings is 1. The maximum atomic E-state index is 13.0. The van der Waals surface area contributed by atoms with Crippen molar-refractivity contribution in [2.24, 2.45) is 0 Å². The maximum Gasteiger partial charge on any atom is 0.253 e. The fraction of sp³-hybridized carbons (Fsp3) is 0.357. The first-order chi connectivity index (χ1) is 15.6. The van der Waals surface area contributed by atoms with E-state index in [-0.39, 0.29) is 12.0 Å². The van der Waals surface area contributed by atoms with E-state index in [0.717, 1.165) is 61.3 Å². The van der Waals surface area contributed by atoms with Crippen molar-refractivity contribution in [2.75, 3.05) is 13.1 Å². The molecule has 0 aliphatic carbocycles. The van der Waals surface area contributed by atoms with Gasteiger partial charge in [0.15, 0.2) is 0 Å². The average molecular weight is 427 g/mol. The highest BCUT2D eigenvalue weighted by molar-refractivity contribution is 5.94. The fourth-order valence-electron chi connectivity index (χ4n) is 4.93. The van der Waals surface area contributed by atoms with Crippen LogP contribution in [0.15, 0.2) is 60.8 Å². The number of piperidine rings is 1. The molecular formula is C28H30N2O2. The van der Waals surface area contributed by atoms with Crippen LogP contribution in [0.2, 0.25) is 0 Å². The Kier molecular flexibility index (Phi) is 5.69. The highest BCUT2D eigenvalue weighted by Gasteiger charge is 2.27. The van der Waals surface area contributed by atoms with Crippen LogP contribution in [0.25, 0.3) is 0 Å². The van der Waals surface area contributed by atoms with Gasteiger partial charge in [-0.05, 0) is 79.6 Å². The number of hydrogen-bond donors (Lipinski definition) is 0. The largest absolute Gasteiger partial charge is 0.490 e. The molecule has 32 heavy (non-hydrogen) atoms. The molecule has 0 spiro atoms. The summed E-state index contributed by atoms with van der Waals surface area (Å²) in [5.74, 6) is 1.47. The number of aryl methyl sites for hydroxylation is 1. The van der Waals surface area contributed by atoms with Crippen LogP contribution in [-0.4, -0.2) is 35.0 Å². The highest BCUT2D eigenvalue weighted by atomic mass is 16.5. The summed E-state index contributed by atoms with van der Waals surface area (Å²) in [6.07, 6.45) is 5.93. The van der Waals surface area contributed by atoms with Crippen molar-refractivity contribution in [1.82, 2.24) is 9.88 Å². The Morgan fingerprint density at radius 1 is 1.09 bits per heavy atom. The normalized spacial score (nSPS) is 18.3. The number of aromatic nitrogens is 1. The molecule has 3 heterocycles. The van der Waals surface area contributed by atoms with Gasteiger partial charge in [0.2, 0.25) is 0 Å². The molecular weight excluding hydrogens is 396 g/mol. The predicted octanol–water partition coefficient (Wildman–Crippen LogP) is 5.32. The van der Waals surface area contributed by atoms with Crippen molar-refractivity contribution in [2.45, 2.75) is 51.6 Å². The first-order valence-electron chi connectivity index (χ1n) is 11.6. The lowest BCUT2D eigenvalue weighted by Crippen LogP contribution is -2.38. The molecule has 0 bridgehead atoms. The van der Waals surface area contributed by atoms with Gasteiger partial charge in [-0.1, -0.05) is 30.3 Å².